The predicted molar refractivity (Wildman–Crippen MR) is 107 cm³/mol. The van der Waals surface area contributed by atoms with E-state index in [1.54, 1.807) is 6.07 Å². The zero-order valence-electron chi connectivity index (χ0n) is 15.4. The van der Waals surface area contributed by atoms with Crippen LogP contribution in [0.2, 0.25) is 0 Å². The molecule has 26 heavy (non-hydrogen) atoms. The lowest BCUT2D eigenvalue weighted by Gasteiger charge is -2.21. The van der Waals surface area contributed by atoms with Crippen LogP contribution < -0.4 is 5.56 Å². The minimum Gasteiger partial charge on any atom is -0.343 e. The molecule has 0 aliphatic carbocycles. The van der Waals surface area contributed by atoms with Crippen molar-refractivity contribution in [3.05, 3.63) is 39.4 Å². The van der Waals surface area contributed by atoms with Crippen LogP contribution in [-0.4, -0.2) is 33.4 Å². The first-order chi connectivity index (χ1) is 12.6. The summed E-state index contributed by atoms with van der Waals surface area (Å²) in [6, 6.07) is 7.32. The number of para-hydroxylation sites is 1. The molecule has 0 spiro atoms. The molecule has 6 heteroatoms. The Balaban J connectivity index is 1.67. The number of amides is 1. The van der Waals surface area contributed by atoms with Gasteiger partial charge in [-0.3, -0.25) is 14.2 Å². The molecule has 1 saturated heterocycles. The Labute approximate surface area is 159 Å². The lowest BCUT2D eigenvalue weighted by atomic mass is 9.96. The molecule has 0 radical (unpaired) electrons. The fourth-order valence-corrected chi connectivity index (χ4v) is 4.16. The minimum atomic E-state index is -0.129. The van der Waals surface area contributed by atoms with Crippen LogP contribution in [-0.2, 0) is 11.3 Å². The number of hydrogen-bond acceptors (Lipinski definition) is 3. The van der Waals surface area contributed by atoms with Gasteiger partial charge in [-0.25, -0.2) is 0 Å². The Morgan fingerprint density at radius 2 is 2.08 bits per heavy atom. The maximum atomic E-state index is 12.7. The van der Waals surface area contributed by atoms with Crippen molar-refractivity contribution in [2.24, 2.45) is 5.92 Å². The van der Waals surface area contributed by atoms with Gasteiger partial charge in [0.15, 0.2) is 4.77 Å². The molecule has 0 bridgehead atoms. The third-order valence-electron chi connectivity index (χ3n) is 5.34. The summed E-state index contributed by atoms with van der Waals surface area (Å²) in [5, 5.41) is 0.603. The molecule has 2 aromatic rings. The number of carbonyl (C=O) groups is 1. The third kappa shape index (κ3) is 4.23. The van der Waals surface area contributed by atoms with E-state index in [4.69, 9.17) is 12.2 Å². The fourth-order valence-electron chi connectivity index (χ4n) is 3.88. The van der Waals surface area contributed by atoms with Gasteiger partial charge in [-0.1, -0.05) is 31.9 Å². The Morgan fingerprint density at radius 1 is 1.27 bits per heavy atom. The van der Waals surface area contributed by atoms with Crippen molar-refractivity contribution in [3.63, 3.8) is 0 Å². The van der Waals surface area contributed by atoms with Crippen molar-refractivity contribution in [2.75, 3.05) is 13.1 Å². The molecule has 140 valence electrons. The first kappa shape index (κ1) is 18.8. The Bertz CT molecular complexity index is 886. The van der Waals surface area contributed by atoms with E-state index in [0.717, 1.165) is 37.4 Å². The van der Waals surface area contributed by atoms with Gasteiger partial charge in [0.1, 0.15) is 0 Å². The van der Waals surface area contributed by atoms with Gasteiger partial charge < -0.3 is 9.88 Å². The molecular formula is C20H27N3O2S. The van der Waals surface area contributed by atoms with E-state index < -0.39 is 0 Å². The number of nitrogens with one attached hydrogen (secondary N) is 1. The summed E-state index contributed by atoms with van der Waals surface area (Å²) in [7, 11) is 0. The summed E-state index contributed by atoms with van der Waals surface area (Å²) in [5.41, 5.74) is 0.607. The van der Waals surface area contributed by atoms with Crippen LogP contribution in [0, 0.1) is 10.7 Å². The Kier molecular flexibility index (Phi) is 6.25. The topological polar surface area (TPSA) is 58.1 Å². The van der Waals surface area contributed by atoms with Gasteiger partial charge in [0.2, 0.25) is 5.91 Å². The van der Waals surface area contributed by atoms with Crippen LogP contribution in [0.4, 0.5) is 0 Å². The zero-order valence-corrected chi connectivity index (χ0v) is 16.2. The number of aromatic amines is 1. The van der Waals surface area contributed by atoms with E-state index in [9.17, 15) is 9.59 Å². The van der Waals surface area contributed by atoms with Crippen molar-refractivity contribution in [2.45, 2.75) is 52.0 Å². The van der Waals surface area contributed by atoms with E-state index in [0.29, 0.717) is 23.1 Å². The first-order valence-electron chi connectivity index (χ1n) is 9.59. The number of likely N-dealkylation sites (tertiary alicyclic amines) is 1. The summed E-state index contributed by atoms with van der Waals surface area (Å²) >= 11 is 5.32. The molecule has 0 saturated carbocycles. The highest BCUT2D eigenvalue weighted by Crippen LogP contribution is 2.22. The monoisotopic (exact) mass is 373 g/mol. The van der Waals surface area contributed by atoms with Crippen LogP contribution in [0.5, 0.6) is 0 Å². The van der Waals surface area contributed by atoms with Gasteiger partial charge in [-0.05, 0) is 49.5 Å². The molecule has 2 heterocycles. The molecular weight excluding hydrogens is 346 g/mol. The number of carbonyl (C=O) groups excluding carboxylic acids is 1. The van der Waals surface area contributed by atoms with Crippen molar-refractivity contribution < 1.29 is 4.79 Å². The quantitative estimate of drug-likeness (QED) is 0.809. The highest BCUT2D eigenvalue weighted by Gasteiger charge is 2.20. The maximum Gasteiger partial charge on any atom is 0.262 e. The number of benzene rings is 1. The second kappa shape index (κ2) is 8.62. The number of H-pyrrole nitrogens is 1. The highest BCUT2D eigenvalue weighted by atomic mass is 32.1. The van der Waals surface area contributed by atoms with Crippen LogP contribution in [0.25, 0.3) is 10.9 Å². The number of fused-ring (bicyclic) bond motifs is 1. The fraction of sp³-hybridized carbons (Fsp3) is 0.550. The highest BCUT2D eigenvalue weighted by molar-refractivity contribution is 7.71. The molecule has 1 atom stereocenters. The van der Waals surface area contributed by atoms with Gasteiger partial charge in [-0.15, -0.1) is 0 Å². The number of rotatable bonds is 5. The van der Waals surface area contributed by atoms with Crippen molar-refractivity contribution in [1.29, 1.82) is 0 Å². The molecule has 3 rings (SSSR count). The van der Waals surface area contributed by atoms with E-state index in [2.05, 4.69) is 11.9 Å². The van der Waals surface area contributed by atoms with Gasteiger partial charge in [0.25, 0.3) is 5.56 Å². The van der Waals surface area contributed by atoms with Crippen LogP contribution in [0.15, 0.2) is 29.1 Å². The van der Waals surface area contributed by atoms with E-state index >= 15 is 0 Å². The van der Waals surface area contributed by atoms with E-state index in [1.165, 1.54) is 23.8 Å². The van der Waals surface area contributed by atoms with Crippen LogP contribution >= 0.6 is 12.2 Å². The zero-order chi connectivity index (χ0) is 18.5. The number of hydrogen-bond donors (Lipinski definition) is 1. The number of nitrogens with zero attached hydrogens (tertiary/aromatic N) is 2. The molecule has 1 aromatic carbocycles. The molecule has 1 amide bonds. The van der Waals surface area contributed by atoms with Gasteiger partial charge in [-0.2, -0.15) is 0 Å². The predicted octanol–water partition coefficient (Wildman–Crippen LogP) is 3.88. The summed E-state index contributed by atoms with van der Waals surface area (Å²) in [6.07, 6.45) is 6.16. The molecule has 1 fully saturated rings. The van der Waals surface area contributed by atoms with Gasteiger partial charge >= 0.3 is 0 Å². The molecule has 1 N–H and O–H groups in total. The Morgan fingerprint density at radius 3 is 2.88 bits per heavy atom. The van der Waals surface area contributed by atoms with E-state index in [-0.39, 0.29) is 11.5 Å². The summed E-state index contributed by atoms with van der Waals surface area (Å²) in [5.74, 6) is 0.867. The van der Waals surface area contributed by atoms with Crippen molar-refractivity contribution >= 4 is 29.0 Å². The lowest BCUT2D eigenvalue weighted by Crippen LogP contribution is -2.33. The summed E-state index contributed by atoms with van der Waals surface area (Å²) in [4.78, 5) is 30.4. The normalized spacial score (nSPS) is 18.0. The standard InChI is InChI=1S/C20H27N3O2S/c1-2-6-15-7-5-12-22(13-10-15)18(24)11-14-23-19(25)16-8-3-4-9-17(16)21-20(23)26/h3-4,8-9,15H,2,5-7,10-14H2,1H3,(H,21,26). The first-order valence-corrected chi connectivity index (χ1v) is 10.0. The molecule has 5 nitrogen and oxygen atoms in total. The van der Waals surface area contributed by atoms with E-state index in [1.807, 2.05) is 23.1 Å². The minimum absolute atomic E-state index is 0.122. The van der Waals surface area contributed by atoms with Gasteiger partial charge in [0, 0.05) is 26.1 Å². The summed E-state index contributed by atoms with van der Waals surface area (Å²) < 4.78 is 1.88. The maximum absolute atomic E-state index is 12.7. The van der Waals surface area contributed by atoms with Gasteiger partial charge in [0.05, 0.1) is 10.9 Å². The molecule has 1 aromatic heterocycles. The lowest BCUT2D eigenvalue weighted by molar-refractivity contribution is -0.131. The molecule has 1 aliphatic rings. The smallest absolute Gasteiger partial charge is 0.262 e. The third-order valence-corrected chi connectivity index (χ3v) is 5.66. The molecule has 1 aliphatic heterocycles. The van der Waals surface area contributed by atoms with Crippen molar-refractivity contribution in [1.82, 2.24) is 14.5 Å². The average Bonchev–Trinajstić information content (AvgIpc) is 2.87. The number of aromatic nitrogens is 2. The summed E-state index contributed by atoms with van der Waals surface area (Å²) in [6.45, 7) is 4.22. The van der Waals surface area contributed by atoms with Crippen molar-refractivity contribution in [3.8, 4) is 0 Å². The largest absolute Gasteiger partial charge is 0.343 e. The van der Waals surface area contributed by atoms with Crippen LogP contribution in [0.3, 0.4) is 0 Å². The molecule has 1 unspecified atom stereocenters. The second-order valence-corrected chi connectivity index (χ2v) is 7.54. The Hall–Kier alpha value is -1.95. The van der Waals surface area contributed by atoms with Crippen LogP contribution in [0.1, 0.15) is 45.4 Å². The average molecular weight is 374 g/mol. The SMILES string of the molecule is CCCC1CCCN(C(=O)CCn2c(=S)[nH]c3ccccc3c2=O)CC1. The second-order valence-electron chi connectivity index (χ2n) is 7.15.